The van der Waals surface area contributed by atoms with E-state index in [0.29, 0.717) is 18.4 Å². The lowest BCUT2D eigenvalue weighted by Crippen LogP contribution is -2.45. The third-order valence-electron chi connectivity index (χ3n) is 4.52. The predicted octanol–water partition coefficient (Wildman–Crippen LogP) is 1.58. The van der Waals surface area contributed by atoms with Crippen molar-refractivity contribution in [2.45, 2.75) is 38.8 Å². The Morgan fingerprint density at radius 3 is 2.83 bits per heavy atom. The Kier molecular flexibility index (Phi) is 2.90. The van der Waals surface area contributed by atoms with Crippen molar-refractivity contribution in [2.24, 2.45) is 23.5 Å². The zero-order valence-corrected chi connectivity index (χ0v) is 10.7. The van der Waals surface area contributed by atoms with Crippen LogP contribution in [0.15, 0.2) is 16.5 Å². The molecule has 4 nitrogen and oxygen atoms in total. The highest BCUT2D eigenvalue weighted by Crippen LogP contribution is 2.47. The monoisotopic (exact) mass is 248 g/mol. The van der Waals surface area contributed by atoms with E-state index in [9.17, 15) is 4.79 Å². The van der Waals surface area contributed by atoms with Crippen molar-refractivity contribution in [1.29, 1.82) is 0 Å². The Balaban J connectivity index is 1.59. The Hall–Kier alpha value is -1.29. The molecule has 2 bridgehead atoms. The third-order valence-corrected chi connectivity index (χ3v) is 4.52. The third kappa shape index (κ3) is 1.94. The molecule has 0 saturated heterocycles. The molecule has 1 heterocycles. The average Bonchev–Trinajstić information content (AvgIpc) is 3.02. The van der Waals surface area contributed by atoms with Crippen LogP contribution < -0.4 is 11.1 Å². The zero-order valence-electron chi connectivity index (χ0n) is 10.7. The number of furan rings is 1. The molecule has 1 amide bonds. The first kappa shape index (κ1) is 11.8. The molecule has 2 saturated carbocycles. The summed E-state index contributed by atoms with van der Waals surface area (Å²) in [7, 11) is 0. The van der Waals surface area contributed by atoms with Crippen LogP contribution in [0.25, 0.3) is 0 Å². The average molecular weight is 248 g/mol. The molecule has 0 radical (unpaired) electrons. The van der Waals surface area contributed by atoms with Crippen molar-refractivity contribution in [3.63, 3.8) is 0 Å². The second kappa shape index (κ2) is 4.43. The molecule has 2 aliphatic rings. The molecular weight excluding hydrogens is 228 g/mol. The maximum atomic E-state index is 12.2. The highest BCUT2D eigenvalue weighted by Gasteiger charge is 2.48. The van der Waals surface area contributed by atoms with E-state index in [1.54, 1.807) is 0 Å². The molecule has 18 heavy (non-hydrogen) atoms. The van der Waals surface area contributed by atoms with Crippen LogP contribution in [0.2, 0.25) is 0 Å². The fourth-order valence-electron chi connectivity index (χ4n) is 3.60. The number of hydrogen-bond donors (Lipinski definition) is 2. The smallest absolute Gasteiger partial charge is 0.225 e. The number of carbonyl (C=O) groups excluding carboxylic acids is 1. The molecule has 98 valence electrons. The van der Waals surface area contributed by atoms with Crippen molar-refractivity contribution in [1.82, 2.24) is 5.32 Å². The summed E-state index contributed by atoms with van der Waals surface area (Å²) < 4.78 is 5.44. The second-order valence-corrected chi connectivity index (χ2v) is 5.67. The Bertz CT molecular complexity index is 452. The van der Waals surface area contributed by atoms with Gasteiger partial charge in [-0.1, -0.05) is 0 Å². The first-order valence-corrected chi connectivity index (χ1v) is 6.74. The predicted molar refractivity (Wildman–Crippen MR) is 67.6 cm³/mol. The Labute approximate surface area is 107 Å². The number of aryl methyl sites for hydroxylation is 1. The lowest BCUT2D eigenvalue weighted by molar-refractivity contribution is -0.127. The van der Waals surface area contributed by atoms with Crippen molar-refractivity contribution >= 4 is 5.91 Å². The summed E-state index contributed by atoms with van der Waals surface area (Å²) in [5.74, 6) is 2.86. The van der Waals surface area contributed by atoms with E-state index >= 15 is 0 Å². The van der Waals surface area contributed by atoms with Crippen LogP contribution in [-0.4, -0.2) is 11.9 Å². The van der Waals surface area contributed by atoms with Crippen molar-refractivity contribution in [3.8, 4) is 0 Å². The minimum atomic E-state index is 0.0137. The molecule has 0 aliphatic heterocycles. The molecule has 2 aliphatic carbocycles. The molecule has 4 atom stereocenters. The molecule has 4 unspecified atom stereocenters. The maximum Gasteiger partial charge on any atom is 0.225 e. The zero-order chi connectivity index (χ0) is 12.7. The largest absolute Gasteiger partial charge is 0.465 e. The maximum absolute atomic E-state index is 12.2. The minimum Gasteiger partial charge on any atom is -0.465 e. The van der Waals surface area contributed by atoms with E-state index in [-0.39, 0.29) is 17.9 Å². The normalized spacial score (nSPS) is 33.9. The van der Waals surface area contributed by atoms with Crippen LogP contribution in [-0.2, 0) is 11.3 Å². The van der Waals surface area contributed by atoms with E-state index in [2.05, 4.69) is 5.32 Å². The van der Waals surface area contributed by atoms with E-state index in [1.165, 1.54) is 6.42 Å². The van der Waals surface area contributed by atoms with E-state index in [0.717, 1.165) is 24.4 Å². The number of rotatable bonds is 3. The second-order valence-electron chi connectivity index (χ2n) is 5.67. The van der Waals surface area contributed by atoms with Crippen LogP contribution >= 0.6 is 0 Å². The molecule has 0 spiro atoms. The van der Waals surface area contributed by atoms with Gasteiger partial charge in [-0.3, -0.25) is 4.79 Å². The minimum absolute atomic E-state index is 0.0137. The molecule has 3 rings (SSSR count). The van der Waals surface area contributed by atoms with Crippen LogP contribution in [0, 0.1) is 24.7 Å². The highest BCUT2D eigenvalue weighted by atomic mass is 16.3. The lowest BCUT2D eigenvalue weighted by Gasteiger charge is -2.26. The first-order valence-electron chi connectivity index (χ1n) is 6.74. The summed E-state index contributed by atoms with van der Waals surface area (Å²) in [6.07, 6.45) is 3.50. The van der Waals surface area contributed by atoms with E-state index in [4.69, 9.17) is 10.2 Å². The first-order chi connectivity index (χ1) is 8.65. The Morgan fingerprint density at radius 1 is 1.44 bits per heavy atom. The van der Waals surface area contributed by atoms with Gasteiger partial charge in [-0.2, -0.15) is 0 Å². The quantitative estimate of drug-likeness (QED) is 0.853. The van der Waals surface area contributed by atoms with Gasteiger partial charge in [0, 0.05) is 6.04 Å². The summed E-state index contributed by atoms with van der Waals surface area (Å²) in [5, 5.41) is 2.96. The van der Waals surface area contributed by atoms with E-state index < -0.39 is 0 Å². The SMILES string of the molecule is Cc1ccc(CNC(=O)C2C3CCC(C3)C2N)o1. The molecule has 4 heteroatoms. The molecule has 0 aromatic carbocycles. The molecule has 3 N–H and O–H groups in total. The fourth-order valence-corrected chi connectivity index (χ4v) is 3.60. The Morgan fingerprint density at radius 2 is 2.22 bits per heavy atom. The van der Waals surface area contributed by atoms with Gasteiger partial charge in [-0.15, -0.1) is 0 Å². The number of fused-ring (bicyclic) bond motifs is 2. The van der Waals surface area contributed by atoms with Gasteiger partial charge in [0.1, 0.15) is 11.5 Å². The number of hydrogen-bond acceptors (Lipinski definition) is 3. The van der Waals surface area contributed by atoms with Gasteiger partial charge in [0.15, 0.2) is 0 Å². The van der Waals surface area contributed by atoms with Crippen LogP contribution in [0.3, 0.4) is 0 Å². The van der Waals surface area contributed by atoms with E-state index in [1.807, 2.05) is 19.1 Å². The van der Waals surface area contributed by atoms with Gasteiger partial charge in [-0.25, -0.2) is 0 Å². The fraction of sp³-hybridized carbons (Fsp3) is 0.643. The van der Waals surface area contributed by atoms with Gasteiger partial charge >= 0.3 is 0 Å². The number of amides is 1. The summed E-state index contributed by atoms with van der Waals surface area (Å²) in [4.78, 5) is 12.2. The standard InChI is InChI=1S/C14H20N2O2/c1-8-2-5-11(18-8)7-16-14(17)12-9-3-4-10(6-9)13(12)15/h2,5,9-10,12-13H,3-4,6-7,15H2,1H3,(H,16,17). The number of nitrogens with one attached hydrogen (secondary N) is 1. The van der Waals surface area contributed by atoms with Crippen LogP contribution in [0.4, 0.5) is 0 Å². The molecule has 1 aromatic heterocycles. The van der Waals surface area contributed by atoms with Gasteiger partial charge in [0.25, 0.3) is 0 Å². The van der Waals surface area contributed by atoms with Crippen LogP contribution in [0.1, 0.15) is 30.8 Å². The summed E-state index contributed by atoms with van der Waals surface area (Å²) >= 11 is 0. The lowest BCUT2D eigenvalue weighted by atomic mass is 9.84. The van der Waals surface area contributed by atoms with Crippen molar-refractivity contribution in [3.05, 3.63) is 23.7 Å². The topological polar surface area (TPSA) is 68.3 Å². The van der Waals surface area contributed by atoms with Gasteiger partial charge < -0.3 is 15.5 Å². The summed E-state index contributed by atoms with van der Waals surface area (Å²) in [6, 6.07) is 3.86. The van der Waals surface area contributed by atoms with Gasteiger partial charge in [-0.05, 0) is 50.2 Å². The highest BCUT2D eigenvalue weighted by molar-refractivity contribution is 5.80. The molecular formula is C14H20N2O2. The van der Waals surface area contributed by atoms with Crippen molar-refractivity contribution < 1.29 is 9.21 Å². The summed E-state index contributed by atoms with van der Waals surface area (Å²) in [5.41, 5.74) is 6.15. The van der Waals surface area contributed by atoms with Crippen LogP contribution in [0.5, 0.6) is 0 Å². The van der Waals surface area contributed by atoms with Gasteiger partial charge in [0.2, 0.25) is 5.91 Å². The van der Waals surface area contributed by atoms with Crippen molar-refractivity contribution in [2.75, 3.05) is 0 Å². The van der Waals surface area contributed by atoms with Gasteiger partial charge in [0.05, 0.1) is 12.5 Å². The molecule has 1 aromatic rings. The number of nitrogens with two attached hydrogens (primary N) is 1. The summed E-state index contributed by atoms with van der Waals surface area (Å²) in [6.45, 7) is 2.37. The number of carbonyl (C=O) groups is 1. The molecule has 2 fully saturated rings.